The minimum atomic E-state index is -0.741. The number of alkyl carbamates (subject to hydrolysis) is 1. The van der Waals surface area contributed by atoms with E-state index in [1.54, 1.807) is 54.9 Å². The van der Waals surface area contributed by atoms with Gasteiger partial charge in [0.2, 0.25) is 0 Å². The highest BCUT2D eigenvalue weighted by Crippen LogP contribution is 2.46. The molecule has 3 amide bonds. The highest BCUT2D eigenvalue weighted by atomic mass is 35.5. The summed E-state index contributed by atoms with van der Waals surface area (Å²) in [6, 6.07) is 18.5. The Hall–Kier alpha value is -7.33. The number of fused-ring (bicyclic) bond motifs is 4. The number of rotatable bonds is 10. The molecule has 2 fully saturated rings. The predicted molar refractivity (Wildman–Crippen MR) is 333 cm³/mol. The van der Waals surface area contributed by atoms with E-state index in [0.29, 0.717) is 62.4 Å². The number of nitrogens with two attached hydrogens (primary N) is 1. The van der Waals surface area contributed by atoms with Crippen LogP contribution in [0.3, 0.4) is 0 Å². The number of halogens is 3. The molecule has 20 nitrogen and oxygen atoms in total. The first kappa shape index (κ1) is 64.7. The summed E-state index contributed by atoms with van der Waals surface area (Å²) in [5.74, 6) is 0. The zero-order valence-electron chi connectivity index (χ0n) is 50.5. The molecule has 2 aliphatic heterocycles. The molecule has 10 rings (SSSR count). The van der Waals surface area contributed by atoms with Crippen molar-refractivity contribution in [2.75, 3.05) is 52.4 Å². The van der Waals surface area contributed by atoms with Crippen LogP contribution in [-0.2, 0) is 33.0 Å². The highest BCUT2D eigenvalue weighted by Gasteiger charge is 2.39. The Balaban J connectivity index is 0.000000202. The van der Waals surface area contributed by atoms with Crippen molar-refractivity contribution in [3.63, 3.8) is 0 Å². The van der Waals surface area contributed by atoms with Crippen molar-refractivity contribution in [3.8, 4) is 0 Å². The van der Waals surface area contributed by atoms with Crippen LogP contribution in [0.2, 0.25) is 10.0 Å². The number of amides is 3. The van der Waals surface area contributed by atoms with Crippen molar-refractivity contribution >= 4 is 81.8 Å². The molecule has 2 aromatic carbocycles. The molecular weight excluding hydrogens is 1160 g/mol. The molecule has 0 spiro atoms. The SMILES string of the molecule is CC(C)OC(=O)Cl.CC(C)OC(=O)NC(C1=Cc2cccnc2[C@@H](N2CCN(C(=O)OC(C)C)CC2)c2ccc(Cl)cc21)c1cncn1C.Cn1cncc1C(N)C1=Cc2cccnc2[C@@H](N2CCN(C(=O)OC(C)(C)C)CC2)c2ccc(Cl)cc21. The van der Waals surface area contributed by atoms with Gasteiger partial charge in [0.05, 0.1) is 90.3 Å². The molecular formula is C63H77Cl3N12O8. The summed E-state index contributed by atoms with van der Waals surface area (Å²) in [5.41, 5.74) is 16.9. The minimum Gasteiger partial charge on any atom is -0.451 e. The van der Waals surface area contributed by atoms with Gasteiger partial charge in [-0.15, -0.1) is 0 Å². The maximum absolute atomic E-state index is 13.0. The van der Waals surface area contributed by atoms with Crippen molar-refractivity contribution in [3.05, 3.63) is 164 Å². The summed E-state index contributed by atoms with van der Waals surface area (Å²) in [6.45, 7) is 21.3. The van der Waals surface area contributed by atoms with E-state index >= 15 is 0 Å². The number of imidazole rings is 2. The number of aryl methyl sites for hydroxylation is 2. The van der Waals surface area contributed by atoms with Crippen molar-refractivity contribution < 1.29 is 38.1 Å². The lowest BCUT2D eigenvalue weighted by Crippen LogP contribution is -2.51. The molecule has 2 saturated heterocycles. The van der Waals surface area contributed by atoms with Crippen LogP contribution in [0.1, 0.15) is 143 Å². The maximum Gasteiger partial charge on any atom is 0.410 e. The molecule has 0 radical (unpaired) electrons. The monoisotopic (exact) mass is 1230 g/mol. The van der Waals surface area contributed by atoms with Gasteiger partial charge < -0.3 is 48.9 Å². The van der Waals surface area contributed by atoms with E-state index < -0.39 is 29.2 Å². The number of ether oxygens (including phenoxy) is 4. The van der Waals surface area contributed by atoms with Crippen molar-refractivity contribution in [1.82, 2.24) is 54.0 Å². The van der Waals surface area contributed by atoms with Gasteiger partial charge in [-0.1, -0.05) is 47.5 Å². The topological polar surface area (TPSA) is 218 Å². The standard InChI is InChI=1S/C31H37ClN6O4.C28H33ClN6O2.C4H7ClO2/c1-19(2)41-30(39)35-28(26-17-33-18-36(26)5)25-15-21-7-6-10-34-27(21)29(23-9-8-22(32)16-24(23)25)37-11-13-38(14-12-37)31(40)42-20(3)4;1-28(2,3)37-27(36)35-12-10-34(11-13-35)26-20-8-7-19(29)15-21(20)22(14-18-6-5-9-32-25(18)26)24(30)23-16-31-17-33(23)4;1-3(2)7-4(5)6/h6-10,15-20,28-29H,11-14H2,1-5H3,(H,35,39);5-9,14-17,24,26H,10-13,30H2,1-4H3;3H,1-2H3/t28?,29-;24?,26-;/m00./s1. The summed E-state index contributed by atoms with van der Waals surface area (Å²) >= 11 is 18.0. The quantitative estimate of drug-likeness (QED) is 0.0963. The lowest BCUT2D eigenvalue weighted by molar-refractivity contribution is 0.0117. The summed E-state index contributed by atoms with van der Waals surface area (Å²) in [7, 11) is 3.84. The Labute approximate surface area is 518 Å². The Morgan fingerprint density at radius 3 is 1.50 bits per heavy atom. The summed E-state index contributed by atoms with van der Waals surface area (Å²) < 4.78 is 24.7. The van der Waals surface area contributed by atoms with E-state index in [1.807, 2.05) is 126 Å². The lowest BCUT2D eigenvalue weighted by Gasteiger charge is -2.40. The second kappa shape index (κ2) is 28.5. The van der Waals surface area contributed by atoms with Crippen LogP contribution >= 0.6 is 34.8 Å². The molecule has 0 saturated carbocycles. The van der Waals surface area contributed by atoms with Gasteiger partial charge in [-0.2, -0.15) is 0 Å². The number of carbonyl (C=O) groups excluding carboxylic acids is 4. The molecule has 4 atom stereocenters. The number of nitrogens with one attached hydrogen (secondary N) is 1. The molecule has 6 aromatic rings. The zero-order chi connectivity index (χ0) is 62.1. The van der Waals surface area contributed by atoms with Gasteiger partial charge in [-0.25, -0.2) is 29.1 Å². The summed E-state index contributed by atoms with van der Waals surface area (Å²) in [6.07, 6.45) is 13.2. The molecule has 3 N–H and O–H groups in total. The number of benzene rings is 2. The van der Waals surface area contributed by atoms with Gasteiger partial charge in [0.1, 0.15) is 5.60 Å². The van der Waals surface area contributed by atoms with Gasteiger partial charge in [-0.05, 0) is 155 Å². The second-order valence-electron chi connectivity index (χ2n) is 23.2. The molecule has 23 heteroatoms. The van der Waals surface area contributed by atoms with E-state index in [-0.39, 0.29) is 42.6 Å². The van der Waals surface area contributed by atoms with E-state index in [4.69, 9.17) is 64.7 Å². The number of aromatic nitrogens is 6. The fraction of sp³-hybridized carbons (Fsp3) is 0.429. The molecule has 2 unspecified atom stereocenters. The van der Waals surface area contributed by atoms with Crippen LogP contribution < -0.4 is 11.1 Å². The first-order valence-electron chi connectivity index (χ1n) is 28.7. The number of carbonyl (C=O) groups is 4. The predicted octanol–water partition coefficient (Wildman–Crippen LogP) is 11.9. The van der Waals surface area contributed by atoms with Crippen LogP contribution in [0.5, 0.6) is 0 Å². The fourth-order valence-electron chi connectivity index (χ4n) is 10.9. The molecule has 86 heavy (non-hydrogen) atoms. The molecule has 4 aliphatic rings. The van der Waals surface area contributed by atoms with Crippen LogP contribution in [0.25, 0.3) is 23.3 Å². The van der Waals surface area contributed by atoms with Crippen molar-refractivity contribution in [2.45, 2.75) is 110 Å². The Bertz CT molecular complexity index is 3430. The molecule has 458 valence electrons. The number of pyridine rings is 2. The summed E-state index contributed by atoms with van der Waals surface area (Å²) in [4.78, 5) is 74.7. The molecule has 0 bridgehead atoms. The first-order chi connectivity index (χ1) is 40.9. The zero-order valence-corrected chi connectivity index (χ0v) is 52.8. The molecule has 4 aromatic heterocycles. The lowest BCUT2D eigenvalue weighted by atomic mass is 9.90. The molecule has 2 aliphatic carbocycles. The normalized spacial score (nSPS) is 17.5. The third-order valence-electron chi connectivity index (χ3n) is 14.6. The first-order valence-corrected chi connectivity index (χ1v) is 29.9. The van der Waals surface area contributed by atoms with E-state index in [0.717, 1.165) is 67.3 Å². The second-order valence-corrected chi connectivity index (χ2v) is 24.3. The van der Waals surface area contributed by atoms with E-state index in [1.165, 1.54) is 0 Å². The number of nitrogens with zero attached hydrogens (tertiary/aromatic N) is 10. The Kier molecular flexibility index (Phi) is 21.4. The van der Waals surface area contributed by atoms with Crippen LogP contribution in [0.15, 0.2) is 98.1 Å². The number of piperazine rings is 2. The van der Waals surface area contributed by atoms with Crippen LogP contribution in [-0.4, -0.2) is 149 Å². The number of hydrogen-bond acceptors (Lipinski definition) is 15. The Morgan fingerprint density at radius 1 is 0.616 bits per heavy atom. The van der Waals surface area contributed by atoms with Crippen LogP contribution in [0.4, 0.5) is 19.2 Å². The van der Waals surface area contributed by atoms with Crippen molar-refractivity contribution in [2.24, 2.45) is 19.8 Å². The number of hydrogen-bond donors (Lipinski definition) is 2. The maximum atomic E-state index is 13.0. The van der Waals surface area contributed by atoms with E-state index in [9.17, 15) is 19.2 Å². The summed E-state index contributed by atoms with van der Waals surface area (Å²) in [5, 5.41) is 4.31. The van der Waals surface area contributed by atoms with Gasteiger partial charge in [0.25, 0.3) is 0 Å². The average Bonchev–Trinajstić information content (AvgIpc) is 1.84. The van der Waals surface area contributed by atoms with Gasteiger partial charge in [0.15, 0.2) is 0 Å². The van der Waals surface area contributed by atoms with Gasteiger partial charge >= 0.3 is 23.7 Å². The fourth-order valence-corrected chi connectivity index (χ4v) is 11.4. The third-order valence-corrected chi connectivity index (χ3v) is 15.2. The van der Waals surface area contributed by atoms with Crippen LogP contribution in [0, 0.1) is 0 Å². The third kappa shape index (κ3) is 16.0. The van der Waals surface area contributed by atoms with E-state index in [2.05, 4.69) is 54.1 Å². The molecule has 6 heterocycles. The van der Waals surface area contributed by atoms with Gasteiger partial charge in [-0.3, -0.25) is 19.8 Å². The largest absolute Gasteiger partial charge is 0.451 e. The van der Waals surface area contributed by atoms with Crippen molar-refractivity contribution in [1.29, 1.82) is 0 Å². The smallest absolute Gasteiger partial charge is 0.410 e. The minimum absolute atomic E-state index is 0.106. The Morgan fingerprint density at radius 2 is 1.07 bits per heavy atom. The van der Waals surface area contributed by atoms with Gasteiger partial charge in [0, 0.05) is 100 Å². The highest BCUT2D eigenvalue weighted by molar-refractivity contribution is 6.61. The average molecular weight is 1240 g/mol.